The number of nitrogens with zero attached hydrogens (tertiary/aromatic N) is 4. The molecule has 0 saturated heterocycles. The third-order valence-corrected chi connectivity index (χ3v) is 3.10. The zero-order valence-corrected chi connectivity index (χ0v) is 16.0. The molecule has 24 heavy (non-hydrogen) atoms. The normalized spacial score (nSPS) is 10.8. The zero-order chi connectivity index (χ0) is 15.6. The average molecular weight is 458 g/mol. The first-order chi connectivity index (χ1) is 10.8. The summed E-state index contributed by atoms with van der Waals surface area (Å²) in [5.41, 5.74) is 1.63. The van der Waals surface area contributed by atoms with Crippen LogP contribution in [0, 0.1) is 0 Å². The van der Waals surface area contributed by atoms with E-state index in [1.54, 1.807) is 0 Å². The van der Waals surface area contributed by atoms with Crippen LogP contribution in [0.1, 0.15) is 11.4 Å². The summed E-state index contributed by atoms with van der Waals surface area (Å²) in [5.74, 6) is 0. The first-order valence-electron chi connectivity index (χ1n) is 6.82. The summed E-state index contributed by atoms with van der Waals surface area (Å²) < 4.78 is 3.92. The molecular formula is C16H18Br2N4O2. The van der Waals surface area contributed by atoms with E-state index in [2.05, 4.69) is 10.3 Å². The highest BCUT2D eigenvalue weighted by molar-refractivity contribution is 5.74. The molecule has 0 bridgehead atoms. The maximum atomic E-state index is 8.65. The Morgan fingerprint density at radius 3 is 1.54 bits per heavy atom. The van der Waals surface area contributed by atoms with Gasteiger partial charge in [-0.05, 0) is 24.3 Å². The van der Waals surface area contributed by atoms with Crippen molar-refractivity contribution in [3.8, 4) is 0 Å². The number of allylic oxidation sites excluding steroid dienone is 2. The van der Waals surface area contributed by atoms with E-state index in [9.17, 15) is 0 Å². The smallest absolute Gasteiger partial charge is 0.227 e. The van der Waals surface area contributed by atoms with Gasteiger partial charge in [0.2, 0.25) is 11.4 Å². The standard InChI is InChI=1S/C16H16N4O2.2BrH/c21-17-13-15-7-1-3-9-19(15)11-5-6-12-20-10-4-2-8-16(20)14-18-22;;/h1-10,13-14H,11-12H2;2*1H/b6-5-;;. The van der Waals surface area contributed by atoms with Crippen LogP contribution in [-0.4, -0.2) is 22.8 Å². The largest absolute Gasteiger partial charge is 1.00 e. The van der Waals surface area contributed by atoms with Gasteiger partial charge < -0.3 is 44.4 Å². The highest BCUT2D eigenvalue weighted by Crippen LogP contribution is 1.90. The molecule has 2 aromatic heterocycles. The summed E-state index contributed by atoms with van der Waals surface area (Å²) in [6.07, 6.45) is 10.7. The number of rotatable bonds is 6. The van der Waals surface area contributed by atoms with Gasteiger partial charge in [-0.1, -0.05) is 10.3 Å². The van der Waals surface area contributed by atoms with Crippen LogP contribution in [0.5, 0.6) is 0 Å². The van der Waals surface area contributed by atoms with E-state index in [0.717, 1.165) is 11.4 Å². The second kappa shape index (κ2) is 12.4. The lowest BCUT2D eigenvalue weighted by atomic mass is 10.3. The molecule has 0 atom stereocenters. The minimum Gasteiger partial charge on any atom is -1.00 e. The number of aromatic nitrogens is 2. The van der Waals surface area contributed by atoms with Crippen molar-refractivity contribution in [2.75, 3.05) is 0 Å². The Kier molecular flexibility index (Phi) is 11.3. The zero-order valence-electron chi connectivity index (χ0n) is 12.8. The van der Waals surface area contributed by atoms with E-state index in [1.807, 2.05) is 70.1 Å². The summed E-state index contributed by atoms with van der Waals surface area (Å²) >= 11 is 0. The molecule has 6 nitrogen and oxygen atoms in total. The molecule has 8 heteroatoms. The number of hydrogen-bond donors (Lipinski definition) is 2. The van der Waals surface area contributed by atoms with Crippen LogP contribution >= 0.6 is 0 Å². The van der Waals surface area contributed by atoms with Gasteiger partial charge in [-0.15, -0.1) is 0 Å². The monoisotopic (exact) mass is 456 g/mol. The van der Waals surface area contributed by atoms with Gasteiger partial charge >= 0.3 is 0 Å². The molecule has 0 unspecified atom stereocenters. The van der Waals surface area contributed by atoms with E-state index in [1.165, 1.54) is 12.4 Å². The van der Waals surface area contributed by atoms with Crippen molar-refractivity contribution in [2.24, 2.45) is 10.3 Å². The van der Waals surface area contributed by atoms with Crippen LogP contribution in [0.2, 0.25) is 0 Å². The molecule has 0 aliphatic heterocycles. The minimum atomic E-state index is 0. The van der Waals surface area contributed by atoms with Crippen molar-refractivity contribution >= 4 is 12.4 Å². The van der Waals surface area contributed by atoms with Gasteiger partial charge in [-0.3, -0.25) is 0 Å². The van der Waals surface area contributed by atoms with Gasteiger partial charge in [0, 0.05) is 24.3 Å². The molecule has 128 valence electrons. The Morgan fingerprint density at radius 1 is 0.750 bits per heavy atom. The van der Waals surface area contributed by atoms with Crippen LogP contribution < -0.4 is 43.1 Å². The summed E-state index contributed by atoms with van der Waals surface area (Å²) in [4.78, 5) is 0. The topological polar surface area (TPSA) is 72.9 Å². The average Bonchev–Trinajstić information content (AvgIpc) is 2.55. The molecule has 2 rings (SSSR count). The second-order valence-electron chi connectivity index (χ2n) is 4.52. The third kappa shape index (κ3) is 6.59. The fourth-order valence-electron chi connectivity index (χ4n) is 2.04. The molecule has 2 N–H and O–H groups in total. The van der Waals surface area contributed by atoms with Crippen LogP contribution in [0.3, 0.4) is 0 Å². The van der Waals surface area contributed by atoms with Crippen molar-refractivity contribution in [2.45, 2.75) is 13.1 Å². The van der Waals surface area contributed by atoms with E-state index < -0.39 is 0 Å². The van der Waals surface area contributed by atoms with Crippen LogP contribution in [0.15, 0.2) is 71.3 Å². The molecule has 0 spiro atoms. The van der Waals surface area contributed by atoms with Crippen molar-refractivity contribution in [1.82, 2.24) is 0 Å². The second-order valence-corrected chi connectivity index (χ2v) is 4.52. The molecule has 0 fully saturated rings. The summed E-state index contributed by atoms with van der Waals surface area (Å²) in [6, 6.07) is 11.4. The highest BCUT2D eigenvalue weighted by atomic mass is 79.9. The van der Waals surface area contributed by atoms with Crippen LogP contribution in [0.25, 0.3) is 0 Å². The molecular weight excluding hydrogens is 440 g/mol. The summed E-state index contributed by atoms with van der Waals surface area (Å²) in [7, 11) is 0. The molecule has 0 saturated carbocycles. The molecule has 0 aliphatic rings. The quantitative estimate of drug-likeness (QED) is 0.150. The number of halogens is 2. The first kappa shape index (κ1) is 21.9. The van der Waals surface area contributed by atoms with Crippen molar-refractivity contribution in [3.05, 3.63) is 72.3 Å². The SMILES string of the molecule is O/N=C/c1cccc[n+]1C/C=C\C[n+]1ccccc1/C=N/O.[Br-].[Br-]. The van der Waals surface area contributed by atoms with E-state index in [4.69, 9.17) is 10.4 Å². The fourth-order valence-corrected chi connectivity index (χ4v) is 2.04. The molecule has 0 aromatic carbocycles. The van der Waals surface area contributed by atoms with Crippen molar-refractivity contribution < 1.29 is 53.5 Å². The van der Waals surface area contributed by atoms with Crippen molar-refractivity contribution in [1.29, 1.82) is 0 Å². The molecule has 2 aromatic rings. The third-order valence-electron chi connectivity index (χ3n) is 3.10. The highest BCUT2D eigenvalue weighted by Gasteiger charge is 2.06. The van der Waals surface area contributed by atoms with Gasteiger partial charge in [0.05, 0.1) is 0 Å². The van der Waals surface area contributed by atoms with Gasteiger partial charge in [0.15, 0.2) is 25.5 Å². The Morgan fingerprint density at radius 2 is 1.17 bits per heavy atom. The maximum absolute atomic E-state index is 8.65. The minimum absolute atomic E-state index is 0. The van der Waals surface area contributed by atoms with E-state index >= 15 is 0 Å². The van der Waals surface area contributed by atoms with Gasteiger partial charge in [-0.2, -0.15) is 9.13 Å². The molecule has 0 aliphatic carbocycles. The summed E-state index contributed by atoms with van der Waals surface area (Å²) in [6.45, 7) is 1.33. The number of hydrogen-bond acceptors (Lipinski definition) is 4. The molecule has 2 heterocycles. The van der Waals surface area contributed by atoms with Crippen LogP contribution in [0.4, 0.5) is 0 Å². The fraction of sp³-hybridized carbons (Fsp3) is 0.125. The Bertz CT molecular complexity index is 646. The predicted molar refractivity (Wildman–Crippen MR) is 81.2 cm³/mol. The molecule has 0 radical (unpaired) electrons. The lowest BCUT2D eigenvalue weighted by Gasteiger charge is -1.97. The Hall–Kier alpha value is -2.06. The number of pyridine rings is 2. The van der Waals surface area contributed by atoms with E-state index in [-0.39, 0.29) is 34.0 Å². The molecule has 0 amide bonds. The maximum Gasteiger partial charge on any atom is 0.227 e. The Labute approximate surface area is 161 Å². The van der Waals surface area contributed by atoms with Gasteiger partial charge in [-0.25, -0.2) is 0 Å². The first-order valence-corrected chi connectivity index (χ1v) is 6.82. The predicted octanol–water partition coefficient (Wildman–Crippen LogP) is -4.86. The number of oxime groups is 2. The lowest BCUT2D eigenvalue weighted by molar-refractivity contribution is -0.691. The van der Waals surface area contributed by atoms with Gasteiger partial charge in [0.25, 0.3) is 0 Å². The Balaban J connectivity index is 0.00000264. The van der Waals surface area contributed by atoms with Crippen LogP contribution in [-0.2, 0) is 13.1 Å². The van der Waals surface area contributed by atoms with Crippen molar-refractivity contribution in [3.63, 3.8) is 0 Å². The van der Waals surface area contributed by atoms with Gasteiger partial charge in [0.1, 0.15) is 12.4 Å². The van der Waals surface area contributed by atoms with E-state index in [0.29, 0.717) is 13.1 Å². The lowest BCUT2D eigenvalue weighted by Crippen LogP contribution is -3.00. The summed E-state index contributed by atoms with van der Waals surface area (Å²) in [5, 5.41) is 23.4.